The normalized spacial score (nSPS) is 10.3. The van der Waals surface area contributed by atoms with E-state index in [1.807, 2.05) is 31.2 Å². The summed E-state index contributed by atoms with van der Waals surface area (Å²) >= 11 is 0. The van der Waals surface area contributed by atoms with Crippen LogP contribution in [0.25, 0.3) is 10.9 Å². The van der Waals surface area contributed by atoms with E-state index in [1.165, 1.54) is 0 Å². The maximum Gasteiger partial charge on any atom is 0.239 e. The molecule has 0 spiro atoms. The van der Waals surface area contributed by atoms with E-state index < -0.39 is 0 Å². The van der Waals surface area contributed by atoms with Crippen LogP contribution >= 0.6 is 0 Å². The quantitative estimate of drug-likeness (QED) is 0.745. The van der Waals surface area contributed by atoms with Crippen LogP contribution in [0.15, 0.2) is 24.3 Å². The first kappa shape index (κ1) is 14.0. The Morgan fingerprint density at radius 1 is 1.25 bits per heavy atom. The topological polar surface area (TPSA) is 78.9 Å². The van der Waals surface area contributed by atoms with Crippen molar-refractivity contribution in [3.8, 4) is 0 Å². The highest BCUT2D eigenvalue weighted by Gasteiger charge is 2.07. The summed E-state index contributed by atoms with van der Waals surface area (Å²) in [6.07, 6.45) is 0.923. The molecule has 1 amide bonds. The smallest absolute Gasteiger partial charge is 0.239 e. The maximum absolute atomic E-state index is 11.6. The van der Waals surface area contributed by atoms with Crippen molar-refractivity contribution in [3.05, 3.63) is 24.3 Å². The number of fused-ring (bicyclic) bond motifs is 1. The fraction of sp³-hybridized carbons (Fsp3) is 0.357. The molecule has 1 heterocycles. The van der Waals surface area contributed by atoms with Crippen molar-refractivity contribution in [3.63, 3.8) is 0 Å². The number of carbonyl (C=O) groups excluding carboxylic acids is 1. The van der Waals surface area contributed by atoms with Gasteiger partial charge in [0.25, 0.3) is 0 Å². The maximum atomic E-state index is 11.6. The lowest BCUT2D eigenvalue weighted by Gasteiger charge is -2.10. The van der Waals surface area contributed by atoms with Gasteiger partial charge in [0, 0.05) is 19.0 Å². The summed E-state index contributed by atoms with van der Waals surface area (Å²) in [6.45, 7) is 2.90. The molecule has 0 fully saturated rings. The Bertz CT molecular complexity index is 599. The van der Waals surface area contributed by atoms with E-state index in [0.29, 0.717) is 18.3 Å². The Balaban J connectivity index is 2.18. The highest BCUT2D eigenvalue weighted by atomic mass is 16.1. The molecule has 1 aromatic carbocycles. The second-order valence-electron chi connectivity index (χ2n) is 4.37. The van der Waals surface area contributed by atoms with Gasteiger partial charge in [0.2, 0.25) is 11.9 Å². The summed E-state index contributed by atoms with van der Waals surface area (Å²) in [5.41, 5.74) is 0.836. The Labute approximate surface area is 118 Å². The number of anilines is 2. The number of hydrogen-bond acceptors (Lipinski definition) is 5. The third kappa shape index (κ3) is 3.34. The van der Waals surface area contributed by atoms with Crippen LogP contribution in [0.2, 0.25) is 0 Å². The molecular weight excluding hydrogens is 254 g/mol. The fourth-order valence-corrected chi connectivity index (χ4v) is 1.81. The number of nitrogens with zero attached hydrogens (tertiary/aromatic N) is 2. The monoisotopic (exact) mass is 273 g/mol. The van der Waals surface area contributed by atoms with Gasteiger partial charge in [-0.2, -0.15) is 4.98 Å². The number of carbonyl (C=O) groups is 1. The van der Waals surface area contributed by atoms with Gasteiger partial charge in [-0.1, -0.05) is 19.1 Å². The molecule has 2 rings (SSSR count). The molecule has 20 heavy (non-hydrogen) atoms. The van der Waals surface area contributed by atoms with E-state index >= 15 is 0 Å². The average molecular weight is 273 g/mol. The van der Waals surface area contributed by atoms with Crippen molar-refractivity contribution in [2.45, 2.75) is 13.3 Å². The first-order valence-electron chi connectivity index (χ1n) is 6.69. The molecule has 6 nitrogen and oxygen atoms in total. The van der Waals surface area contributed by atoms with E-state index in [9.17, 15) is 4.79 Å². The number of rotatable bonds is 6. The molecule has 0 aliphatic carbocycles. The molecule has 0 aliphatic rings. The molecule has 3 N–H and O–H groups in total. The Morgan fingerprint density at radius 2 is 2.05 bits per heavy atom. The highest BCUT2D eigenvalue weighted by molar-refractivity contribution is 5.91. The third-order valence-corrected chi connectivity index (χ3v) is 2.82. The second-order valence-corrected chi connectivity index (χ2v) is 4.37. The molecular formula is C14H19N5O. The molecule has 6 heteroatoms. The van der Waals surface area contributed by atoms with Crippen LogP contribution in [0, 0.1) is 0 Å². The van der Waals surface area contributed by atoms with E-state index in [2.05, 4.69) is 25.9 Å². The van der Waals surface area contributed by atoms with Crippen molar-refractivity contribution in [2.24, 2.45) is 0 Å². The molecule has 1 aromatic heterocycles. The third-order valence-electron chi connectivity index (χ3n) is 2.82. The number of nitrogens with one attached hydrogen (secondary N) is 3. The lowest BCUT2D eigenvalue weighted by molar-refractivity contribution is -0.119. The number of hydrogen-bond donors (Lipinski definition) is 3. The summed E-state index contributed by atoms with van der Waals surface area (Å²) in [7, 11) is 1.77. The van der Waals surface area contributed by atoms with Gasteiger partial charge in [-0.3, -0.25) is 4.79 Å². The number of aromatic nitrogens is 2. The largest absolute Gasteiger partial charge is 0.360 e. The molecule has 2 aromatic rings. The van der Waals surface area contributed by atoms with E-state index in [4.69, 9.17) is 0 Å². The molecule has 0 aliphatic heterocycles. The molecule has 0 unspecified atom stereocenters. The van der Waals surface area contributed by atoms with Crippen LogP contribution in [0.3, 0.4) is 0 Å². The van der Waals surface area contributed by atoms with Crippen LogP contribution in [0.1, 0.15) is 13.3 Å². The van der Waals surface area contributed by atoms with Gasteiger partial charge in [-0.05, 0) is 18.6 Å². The van der Waals surface area contributed by atoms with Crippen LogP contribution in [-0.2, 0) is 4.79 Å². The van der Waals surface area contributed by atoms with Crippen molar-refractivity contribution >= 4 is 28.6 Å². The first-order chi connectivity index (χ1) is 9.74. The zero-order valence-electron chi connectivity index (χ0n) is 11.7. The van der Waals surface area contributed by atoms with Crippen LogP contribution in [0.5, 0.6) is 0 Å². The van der Waals surface area contributed by atoms with Crippen LogP contribution in [0.4, 0.5) is 11.8 Å². The molecule has 0 atom stereocenters. The van der Waals surface area contributed by atoms with Gasteiger partial charge in [-0.25, -0.2) is 4.98 Å². The number of para-hydroxylation sites is 1. The summed E-state index contributed by atoms with van der Waals surface area (Å²) in [5, 5.41) is 9.70. The van der Waals surface area contributed by atoms with E-state index in [1.54, 1.807) is 7.05 Å². The minimum Gasteiger partial charge on any atom is -0.360 e. The van der Waals surface area contributed by atoms with Gasteiger partial charge < -0.3 is 16.0 Å². The minimum absolute atomic E-state index is 0.0412. The SMILES string of the molecule is CCCNC(=O)CNc1nc(NC)nc2ccccc12. The summed E-state index contributed by atoms with van der Waals surface area (Å²) in [4.78, 5) is 20.4. The van der Waals surface area contributed by atoms with Gasteiger partial charge >= 0.3 is 0 Å². The number of amides is 1. The first-order valence-corrected chi connectivity index (χ1v) is 6.69. The van der Waals surface area contributed by atoms with Crippen molar-refractivity contribution in [1.29, 1.82) is 0 Å². The van der Waals surface area contributed by atoms with Crippen molar-refractivity contribution < 1.29 is 4.79 Å². The molecule has 106 valence electrons. The predicted molar refractivity (Wildman–Crippen MR) is 80.9 cm³/mol. The fourth-order valence-electron chi connectivity index (χ4n) is 1.81. The standard InChI is InChI=1S/C14H19N5O/c1-3-8-16-12(20)9-17-13-10-6-4-5-7-11(10)18-14(15-2)19-13/h4-7H,3,8-9H2,1-2H3,(H,16,20)(H2,15,17,18,19). The molecule has 0 bridgehead atoms. The van der Waals surface area contributed by atoms with Crippen molar-refractivity contribution in [1.82, 2.24) is 15.3 Å². The van der Waals surface area contributed by atoms with E-state index in [0.717, 1.165) is 17.3 Å². The summed E-state index contributed by atoms with van der Waals surface area (Å²) in [5.74, 6) is 1.15. The molecule has 0 radical (unpaired) electrons. The summed E-state index contributed by atoms with van der Waals surface area (Å²) < 4.78 is 0. The zero-order valence-corrected chi connectivity index (χ0v) is 11.7. The van der Waals surface area contributed by atoms with E-state index in [-0.39, 0.29) is 12.5 Å². The highest BCUT2D eigenvalue weighted by Crippen LogP contribution is 2.21. The minimum atomic E-state index is -0.0412. The Morgan fingerprint density at radius 3 is 2.80 bits per heavy atom. The van der Waals surface area contributed by atoms with Crippen molar-refractivity contribution in [2.75, 3.05) is 30.8 Å². The second kappa shape index (κ2) is 6.70. The van der Waals surface area contributed by atoms with Gasteiger partial charge in [-0.15, -0.1) is 0 Å². The number of benzene rings is 1. The lowest BCUT2D eigenvalue weighted by Crippen LogP contribution is -2.30. The predicted octanol–water partition coefficient (Wildman–Crippen LogP) is 1.61. The molecule has 0 saturated heterocycles. The Hall–Kier alpha value is -2.37. The van der Waals surface area contributed by atoms with Gasteiger partial charge in [0.15, 0.2) is 0 Å². The average Bonchev–Trinajstić information content (AvgIpc) is 2.50. The Kier molecular flexibility index (Phi) is 4.70. The van der Waals surface area contributed by atoms with Crippen LogP contribution in [-0.4, -0.2) is 36.0 Å². The summed E-state index contributed by atoms with van der Waals surface area (Å²) in [6, 6.07) is 7.70. The van der Waals surface area contributed by atoms with Crippen LogP contribution < -0.4 is 16.0 Å². The molecule has 0 saturated carbocycles. The lowest BCUT2D eigenvalue weighted by atomic mass is 10.2. The van der Waals surface area contributed by atoms with Gasteiger partial charge in [0.1, 0.15) is 5.82 Å². The zero-order chi connectivity index (χ0) is 14.4. The van der Waals surface area contributed by atoms with Gasteiger partial charge in [0.05, 0.1) is 12.1 Å².